The average Bonchev–Trinajstić information content (AvgIpc) is 3.31. The Hall–Kier alpha value is -2.99. The fraction of sp³-hybridized carbons (Fsp3) is 0.105. The topological polar surface area (TPSA) is 68.0 Å². The highest BCUT2D eigenvalue weighted by Crippen LogP contribution is 2.24. The van der Waals surface area contributed by atoms with Gasteiger partial charge < -0.3 is 9.84 Å². The van der Waals surface area contributed by atoms with E-state index in [-0.39, 0.29) is 12.3 Å². The summed E-state index contributed by atoms with van der Waals surface area (Å²) in [4.78, 5) is 17.7. The first-order valence-corrected chi connectivity index (χ1v) is 8.75. The SMILES string of the molecule is O=C(Cc1noc2ccccc12)NCc1cncc(-c2cccs2)c1. The third-order valence-electron chi connectivity index (χ3n) is 3.87. The van der Waals surface area contributed by atoms with Gasteiger partial charge in [-0.2, -0.15) is 0 Å². The number of para-hydroxylation sites is 1. The van der Waals surface area contributed by atoms with Crippen LogP contribution in [0.15, 0.2) is 64.8 Å². The Balaban J connectivity index is 1.41. The summed E-state index contributed by atoms with van der Waals surface area (Å²) in [7, 11) is 0. The first-order chi connectivity index (χ1) is 12.3. The van der Waals surface area contributed by atoms with Gasteiger partial charge in [-0.15, -0.1) is 11.3 Å². The van der Waals surface area contributed by atoms with Crippen molar-refractivity contribution in [2.75, 3.05) is 0 Å². The van der Waals surface area contributed by atoms with Crippen LogP contribution in [0.4, 0.5) is 0 Å². The Morgan fingerprint density at radius 2 is 2.08 bits per heavy atom. The summed E-state index contributed by atoms with van der Waals surface area (Å²) in [6.45, 7) is 0.431. The Kier molecular flexibility index (Phi) is 4.26. The fourth-order valence-corrected chi connectivity index (χ4v) is 3.35. The van der Waals surface area contributed by atoms with Crippen molar-refractivity contribution in [1.82, 2.24) is 15.5 Å². The molecule has 4 aromatic rings. The number of rotatable bonds is 5. The summed E-state index contributed by atoms with van der Waals surface area (Å²) in [6, 6.07) is 13.6. The second-order valence-corrected chi connectivity index (χ2v) is 6.59. The summed E-state index contributed by atoms with van der Waals surface area (Å²) < 4.78 is 5.23. The van der Waals surface area contributed by atoms with Crippen molar-refractivity contribution in [3.05, 3.63) is 71.5 Å². The monoisotopic (exact) mass is 349 g/mol. The normalized spacial score (nSPS) is 10.9. The van der Waals surface area contributed by atoms with Crippen molar-refractivity contribution in [1.29, 1.82) is 0 Å². The van der Waals surface area contributed by atoms with Crippen LogP contribution in [0.25, 0.3) is 21.4 Å². The molecule has 1 aromatic carbocycles. The Bertz CT molecular complexity index is 1010. The molecule has 0 saturated carbocycles. The molecule has 0 aliphatic heterocycles. The minimum atomic E-state index is -0.0967. The van der Waals surface area contributed by atoms with Gasteiger partial charge in [0.2, 0.25) is 5.91 Å². The molecular weight excluding hydrogens is 334 g/mol. The largest absolute Gasteiger partial charge is 0.356 e. The van der Waals surface area contributed by atoms with E-state index >= 15 is 0 Å². The molecule has 0 atom stereocenters. The van der Waals surface area contributed by atoms with E-state index < -0.39 is 0 Å². The smallest absolute Gasteiger partial charge is 0.226 e. The molecule has 1 amide bonds. The van der Waals surface area contributed by atoms with Gasteiger partial charge in [0.05, 0.1) is 6.42 Å². The number of nitrogens with one attached hydrogen (secondary N) is 1. The predicted octanol–water partition coefficient (Wildman–Crippen LogP) is 3.81. The second kappa shape index (κ2) is 6.86. The number of thiophene rings is 1. The molecule has 0 fully saturated rings. The van der Waals surface area contributed by atoms with Gasteiger partial charge in [-0.1, -0.05) is 23.4 Å². The number of hydrogen-bond donors (Lipinski definition) is 1. The number of benzene rings is 1. The number of nitrogens with zero attached hydrogens (tertiary/aromatic N) is 2. The van der Waals surface area contributed by atoms with Crippen molar-refractivity contribution < 1.29 is 9.32 Å². The third-order valence-corrected chi connectivity index (χ3v) is 4.79. The standard InChI is InChI=1S/C19H15N3O2S/c23-19(9-16-15-4-1-2-5-17(15)24-22-16)21-11-13-8-14(12-20-10-13)18-6-3-7-25-18/h1-8,10,12H,9,11H2,(H,21,23). The lowest BCUT2D eigenvalue weighted by atomic mass is 10.1. The number of amides is 1. The van der Waals surface area contributed by atoms with Gasteiger partial charge in [0.15, 0.2) is 5.58 Å². The first kappa shape index (κ1) is 15.5. The zero-order valence-corrected chi connectivity index (χ0v) is 14.1. The van der Waals surface area contributed by atoms with E-state index in [9.17, 15) is 4.79 Å². The molecule has 0 saturated heterocycles. The lowest BCUT2D eigenvalue weighted by Gasteiger charge is -2.05. The molecule has 0 spiro atoms. The highest BCUT2D eigenvalue weighted by Gasteiger charge is 2.12. The van der Waals surface area contributed by atoms with Crippen LogP contribution < -0.4 is 5.32 Å². The van der Waals surface area contributed by atoms with Crippen LogP contribution in [0, 0.1) is 0 Å². The van der Waals surface area contributed by atoms with E-state index in [4.69, 9.17) is 4.52 Å². The molecule has 4 rings (SSSR count). The van der Waals surface area contributed by atoms with Crippen LogP contribution >= 0.6 is 11.3 Å². The number of carbonyl (C=O) groups excluding carboxylic acids is 1. The summed E-state index contributed by atoms with van der Waals surface area (Å²) >= 11 is 1.67. The van der Waals surface area contributed by atoms with Crippen molar-refractivity contribution in [2.45, 2.75) is 13.0 Å². The molecule has 1 N–H and O–H groups in total. The molecule has 0 bridgehead atoms. The molecule has 6 heteroatoms. The predicted molar refractivity (Wildman–Crippen MR) is 97.1 cm³/mol. The van der Waals surface area contributed by atoms with E-state index in [0.29, 0.717) is 17.8 Å². The quantitative estimate of drug-likeness (QED) is 0.595. The molecule has 25 heavy (non-hydrogen) atoms. The number of hydrogen-bond acceptors (Lipinski definition) is 5. The van der Waals surface area contributed by atoms with Crippen LogP contribution in [0.2, 0.25) is 0 Å². The molecule has 3 aromatic heterocycles. The lowest BCUT2D eigenvalue weighted by Crippen LogP contribution is -2.24. The molecular formula is C19H15N3O2S. The summed E-state index contributed by atoms with van der Waals surface area (Å²) in [5.41, 5.74) is 3.37. The molecule has 0 radical (unpaired) electrons. The van der Waals surface area contributed by atoms with Crippen molar-refractivity contribution in [3.63, 3.8) is 0 Å². The average molecular weight is 349 g/mol. The second-order valence-electron chi connectivity index (χ2n) is 5.64. The molecule has 3 heterocycles. The Labute approximate surface area is 148 Å². The molecule has 0 aliphatic carbocycles. The van der Waals surface area contributed by atoms with Gasteiger partial charge in [0, 0.05) is 34.8 Å². The van der Waals surface area contributed by atoms with Gasteiger partial charge in [0.25, 0.3) is 0 Å². The fourth-order valence-electron chi connectivity index (χ4n) is 2.64. The van der Waals surface area contributed by atoms with Gasteiger partial charge in [-0.3, -0.25) is 9.78 Å². The Morgan fingerprint density at radius 1 is 1.16 bits per heavy atom. The highest BCUT2D eigenvalue weighted by atomic mass is 32.1. The number of carbonyl (C=O) groups is 1. The van der Waals surface area contributed by atoms with E-state index in [1.807, 2.05) is 48.0 Å². The zero-order valence-electron chi connectivity index (χ0n) is 13.3. The molecule has 124 valence electrons. The van der Waals surface area contributed by atoms with Crippen LogP contribution in [-0.2, 0) is 17.8 Å². The van der Waals surface area contributed by atoms with Gasteiger partial charge in [-0.05, 0) is 35.2 Å². The van der Waals surface area contributed by atoms with Crippen LogP contribution in [0.3, 0.4) is 0 Å². The maximum atomic E-state index is 12.2. The van der Waals surface area contributed by atoms with Crippen LogP contribution in [0.1, 0.15) is 11.3 Å². The minimum absolute atomic E-state index is 0.0967. The lowest BCUT2D eigenvalue weighted by molar-refractivity contribution is -0.120. The summed E-state index contributed by atoms with van der Waals surface area (Å²) in [5, 5.41) is 9.82. The van der Waals surface area contributed by atoms with Crippen molar-refractivity contribution in [2.24, 2.45) is 0 Å². The zero-order chi connectivity index (χ0) is 17.1. The van der Waals surface area contributed by atoms with E-state index in [2.05, 4.69) is 21.5 Å². The number of aromatic nitrogens is 2. The Morgan fingerprint density at radius 3 is 2.96 bits per heavy atom. The van der Waals surface area contributed by atoms with Crippen LogP contribution in [0.5, 0.6) is 0 Å². The van der Waals surface area contributed by atoms with Gasteiger partial charge in [-0.25, -0.2) is 0 Å². The maximum Gasteiger partial charge on any atom is 0.226 e. The highest BCUT2D eigenvalue weighted by molar-refractivity contribution is 7.13. The molecule has 0 aliphatic rings. The first-order valence-electron chi connectivity index (χ1n) is 7.87. The van der Waals surface area contributed by atoms with Crippen LogP contribution in [-0.4, -0.2) is 16.0 Å². The van der Waals surface area contributed by atoms with Gasteiger partial charge in [0.1, 0.15) is 5.69 Å². The van der Waals surface area contributed by atoms with Crippen molar-refractivity contribution >= 4 is 28.2 Å². The van der Waals surface area contributed by atoms with Gasteiger partial charge >= 0.3 is 0 Å². The van der Waals surface area contributed by atoms with E-state index in [1.54, 1.807) is 17.5 Å². The molecule has 0 unspecified atom stereocenters. The molecule has 5 nitrogen and oxygen atoms in total. The number of fused-ring (bicyclic) bond motifs is 1. The summed E-state index contributed by atoms with van der Waals surface area (Å²) in [5.74, 6) is -0.0967. The van der Waals surface area contributed by atoms with E-state index in [1.165, 1.54) is 0 Å². The third kappa shape index (κ3) is 3.44. The minimum Gasteiger partial charge on any atom is -0.356 e. The summed E-state index contributed by atoms with van der Waals surface area (Å²) in [6.07, 6.45) is 3.79. The van der Waals surface area contributed by atoms with Crippen molar-refractivity contribution in [3.8, 4) is 10.4 Å². The maximum absolute atomic E-state index is 12.2. The number of pyridine rings is 1. The van der Waals surface area contributed by atoms with E-state index in [0.717, 1.165) is 21.4 Å².